The monoisotopic (exact) mass is 222 g/mol. The number of aromatic nitrogens is 1. The maximum absolute atomic E-state index is 11.9. The van der Waals surface area contributed by atoms with Gasteiger partial charge in [0.2, 0.25) is 0 Å². The lowest BCUT2D eigenvalue weighted by atomic mass is 9.97. The van der Waals surface area contributed by atoms with E-state index in [1.54, 1.807) is 32.2 Å². The standard InChI is InChI=1S/C12H18N2O2/c1-4-16-12(2,3)10(15)7-9-5-6-14-11(13)8-9/h5-6,8H,4,7H2,1-3H3,(H2,13,14). The van der Waals surface area contributed by atoms with Crippen LogP contribution in [0.1, 0.15) is 26.3 Å². The van der Waals surface area contributed by atoms with Gasteiger partial charge in [0.25, 0.3) is 0 Å². The Hall–Kier alpha value is -1.42. The van der Waals surface area contributed by atoms with Crippen LogP contribution >= 0.6 is 0 Å². The molecule has 0 amide bonds. The molecule has 0 aliphatic heterocycles. The second-order valence-corrected chi connectivity index (χ2v) is 4.13. The zero-order valence-corrected chi connectivity index (χ0v) is 9.99. The molecule has 0 aliphatic carbocycles. The second-order valence-electron chi connectivity index (χ2n) is 4.13. The normalized spacial score (nSPS) is 11.4. The first-order chi connectivity index (χ1) is 7.45. The number of Topliss-reactive ketones (excluding diaryl/α,β-unsaturated/α-hetero) is 1. The van der Waals surface area contributed by atoms with Crippen LogP contribution in [0.5, 0.6) is 0 Å². The zero-order chi connectivity index (χ0) is 12.2. The summed E-state index contributed by atoms with van der Waals surface area (Å²) in [6.45, 7) is 5.96. The first kappa shape index (κ1) is 12.6. The molecule has 1 aromatic heterocycles. The van der Waals surface area contributed by atoms with E-state index >= 15 is 0 Å². The summed E-state index contributed by atoms with van der Waals surface area (Å²) in [5, 5.41) is 0. The van der Waals surface area contributed by atoms with Crippen LogP contribution in [0.3, 0.4) is 0 Å². The highest BCUT2D eigenvalue weighted by molar-refractivity contribution is 5.88. The molecule has 0 saturated carbocycles. The molecule has 0 spiro atoms. The molecule has 0 bridgehead atoms. The molecule has 4 heteroatoms. The number of nitrogens with two attached hydrogens (primary N) is 1. The summed E-state index contributed by atoms with van der Waals surface area (Å²) < 4.78 is 5.40. The zero-order valence-electron chi connectivity index (χ0n) is 9.99. The summed E-state index contributed by atoms with van der Waals surface area (Å²) in [6.07, 6.45) is 1.92. The Morgan fingerprint density at radius 3 is 2.81 bits per heavy atom. The van der Waals surface area contributed by atoms with Crippen molar-refractivity contribution in [2.24, 2.45) is 0 Å². The van der Waals surface area contributed by atoms with E-state index in [0.29, 0.717) is 18.8 Å². The topological polar surface area (TPSA) is 65.2 Å². The Morgan fingerprint density at radius 1 is 1.56 bits per heavy atom. The summed E-state index contributed by atoms with van der Waals surface area (Å²) in [5.41, 5.74) is 5.67. The molecule has 0 saturated heterocycles. The van der Waals surface area contributed by atoms with Crippen molar-refractivity contribution in [3.05, 3.63) is 23.9 Å². The number of hydrogen-bond acceptors (Lipinski definition) is 4. The SMILES string of the molecule is CCOC(C)(C)C(=O)Cc1ccnc(N)c1. The molecule has 0 radical (unpaired) electrons. The highest BCUT2D eigenvalue weighted by Crippen LogP contribution is 2.15. The number of carbonyl (C=O) groups excluding carboxylic acids is 1. The van der Waals surface area contributed by atoms with Gasteiger partial charge < -0.3 is 10.5 Å². The lowest BCUT2D eigenvalue weighted by molar-refractivity contribution is -0.139. The third kappa shape index (κ3) is 3.31. The number of ether oxygens (including phenoxy) is 1. The number of hydrogen-bond donors (Lipinski definition) is 1. The number of ketones is 1. The number of nitrogens with zero attached hydrogens (tertiary/aromatic N) is 1. The van der Waals surface area contributed by atoms with E-state index in [0.717, 1.165) is 5.56 Å². The van der Waals surface area contributed by atoms with Crippen molar-refractivity contribution in [1.29, 1.82) is 0 Å². The van der Waals surface area contributed by atoms with Crippen LogP contribution in [0.15, 0.2) is 18.3 Å². The van der Waals surface area contributed by atoms with Crippen molar-refractivity contribution in [3.63, 3.8) is 0 Å². The van der Waals surface area contributed by atoms with Gasteiger partial charge in [-0.15, -0.1) is 0 Å². The smallest absolute Gasteiger partial charge is 0.168 e. The van der Waals surface area contributed by atoms with Crippen LogP contribution in [-0.2, 0) is 16.0 Å². The predicted octanol–water partition coefficient (Wildman–Crippen LogP) is 1.59. The molecule has 0 aromatic carbocycles. The summed E-state index contributed by atoms with van der Waals surface area (Å²) >= 11 is 0. The van der Waals surface area contributed by atoms with Crippen LogP contribution in [0.25, 0.3) is 0 Å². The first-order valence-electron chi connectivity index (χ1n) is 5.33. The average molecular weight is 222 g/mol. The van der Waals surface area contributed by atoms with Gasteiger partial charge in [0.1, 0.15) is 11.4 Å². The van der Waals surface area contributed by atoms with Crippen LogP contribution in [0, 0.1) is 0 Å². The molecule has 16 heavy (non-hydrogen) atoms. The molecule has 0 fully saturated rings. The molecule has 0 aliphatic rings. The summed E-state index contributed by atoms with van der Waals surface area (Å²) in [5.74, 6) is 0.472. The third-order valence-electron chi connectivity index (χ3n) is 2.39. The number of anilines is 1. The van der Waals surface area contributed by atoms with Crippen molar-refractivity contribution in [1.82, 2.24) is 4.98 Å². The van der Waals surface area contributed by atoms with Crippen molar-refractivity contribution < 1.29 is 9.53 Å². The highest BCUT2D eigenvalue weighted by Gasteiger charge is 2.27. The van der Waals surface area contributed by atoms with Gasteiger partial charge in [0.15, 0.2) is 5.78 Å². The lowest BCUT2D eigenvalue weighted by Crippen LogP contribution is -2.36. The van der Waals surface area contributed by atoms with Gasteiger partial charge in [0.05, 0.1) is 0 Å². The molecule has 88 valence electrons. The van der Waals surface area contributed by atoms with Gasteiger partial charge in [-0.25, -0.2) is 4.98 Å². The van der Waals surface area contributed by atoms with Gasteiger partial charge in [-0.1, -0.05) is 0 Å². The van der Waals surface area contributed by atoms with Crippen molar-refractivity contribution >= 4 is 11.6 Å². The fourth-order valence-electron chi connectivity index (χ4n) is 1.44. The van der Waals surface area contributed by atoms with E-state index in [4.69, 9.17) is 10.5 Å². The molecule has 1 rings (SSSR count). The maximum atomic E-state index is 11.9. The van der Waals surface area contributed by atoms with Crippen LogP contribution < -0.4 is 5.73 Å². The molecular formula is C12H18N2O2. The fraction of sp³-hybridized carbons (Fsp3) is 0.500. The van der Waals surface area contributed by atoms with Gasteiger partial charge in [-0.05, 0) is 38.5 Å². The van der Waals surface area contributed by atoms with Gasteiger partial charge in [-0.3, -0.25) is 4.79 Å². The van der Waals surface area contributed by atoms with Crippen molar-refractivity contribution in [2.45, 2.75) is 32.8 Å². The van der Waals surface area contributed by atoms with E-state index in [1.165, 1.54) is 0 Å². The number of nitrogen functional groups attached to an aromatic ring is 1. The van der Waals surface area contributed by atoms with E-state index < -0.39 is 5.60 Å². The van der Waals surface area contributed by atoms with Crippen molar-refractivity contribution in [3.8, 4) is 0 Å². The minimum atomic E-state index is -0.743. The van der Waals surface area contributed by atoms with Crippen LogP contribution in [-0.4, -0.2) is 23.0 Å². The largest absolute Gasteiger partial charge is 0.384 e. The minimum absolute atomic E-state index is 0.0416. The number of pyridine rings is 1. The Labute approximate surface area is 95.8 Å². The quantitative estimate of drug-likeness (QED) is 0.821. The molecule has 1 aromatic rings. The van der Waals surface area contributed by atoms with Crippen LogP contribution in [0.4, 0.5) is 5.82 Å². The van der Waals surface area contributed by atoms with E-state index in [2.05, 4.69) is 4.98 Å². The van der Waals surface area contributed by atoms with Gasteiger partial charge in [-0.2, -0.15) is 0 Å². The molecule has 4 nitrogen and oxygen atoms in total. The van der Waals surface area contributed by atoms with Gasteiger partial charge >= 0.3 is 0 Å². The maximum Gasteiger partial charge on any atom is 0.168 e. The molecular weight excluding hydrogens is 204 g/mol. The summed E-state index contributed by atoms with van der Waals surface area (Å²) in [4.78, 5) is 15.8. The third-order valence-corrected chi connectivity index (χ3v) is 2.39. The van der Waals surface area contributed by atoms with Crippen molar-refractivity contribution in [2.75, 3.05) is 12.3 Å². The lowest BCUT2D eigenvalue weighted by Gasteiger charge is -2.22. The van der Waals surface area contributed by atoms with E-state index in [-0.39, 0.29) is 5.78 Å². The molecule has 0 atom stereocenters. The molecule has 2 N–H and O–H groups in total. The van der Waals surface area contributed by atoms with Gasteiger partial charge in [0, 0.05) is 19.2 Å². The predicted molar refractivity (Wildman–Crippen MR) is 63.1 cm³/mol. The summed E-state index contributed by atoms with van der Waals surface area (Å²) in [7, 11) is 0. The average Bonchev–Trinajstić information content (AvgIpc) is 2.17. The Morgan fingerprint density at radius 2 is 2.25 bits per heavy atom. The minimum Gasteiger partial charge on any atom is -0.384 e. The molecule has 1 heterocycles. The second kappa shape index (κ2) is 5.07. The van der Waals surface area contributed by atoms with Crippen LogP contribution in [0.2, 0.25) is 0 Å². The fourth-order valence-corrected chi connectivity index (χ4v) is 1.44. The first-order valence-corrected chi connectivity index (χ1v) is 5.33. The van der Waals surface area contributed by atoms with E-state index in [9.17, 15) is 4.79 Å². The Balaban J connectivity index is 2.71. The Kier molecular flexibility index (Phi) is 4.01. The Bertz CT molecular complexity index is 375. The highest BCUT2D eigenvalue weighted by atomic mass is 16.5. The summed E-state index contributed by atoms with van der Waals surface area (Å²) in [6, 6.07) is 3.50. The van der Waals surface area contributed by atoms with E-state index in [1.807, 2.05) is 6.92 Å². The number of rotatable bonds is 5. The number of carbonyl (C=O) groups is 1. The molecule has 0 unspecified atom stereocenters.